The first kappa shape index (κ1) is 21.8. The van der Waals surface area contributed by atoms with Gasteiger partial charge in [0, 0.05) is 6.54 Å². The number of carbonyl (C=O) groups is 3. The average molecular weight is 458 g/mol. The molecule has 1 aliphatic heterocycles. The van der Waals surface area contributed by atoms with Crippen molar-refractivity contribution in [3.63, 3.8) is 0 Å². The van der Waals surface area contributed by atoms with Crippen LogP contribution < -0.4 is 5.73 Å². The number of aryl methyl sites for hydroxylation is 1. The van der Waals surface area contributed by atoms with Gasteiger partial charge < -0.3 is 24.5 Å². The summed E-state index contributed by atoms with van der Waals surface area (Å²) in [7, 11) is 0. The van der Waals surface area contributed by atoms with Crippen LogP contribution in [0.5, 0.6) is 0 Å². The van der Waals surface area contributed by atoms with Crippen molar-refractivity contribution in [1.29, 1.82) is 0 Å². The molecule has 10 nitrogen and oxygen atoms in total. The fourth-order valence-electron chi connectivity index (χ4n) is 3.73. The number of nitrogens with two attached hydrogens (primary N) is 1. The third-order valence-electron chi connectivity index (χ3n) is 5.14. The van der Waals surface area contributed by atoms with Crippen molar-refractivity contribution in [2.75, 3.05) is 18.9 Å². The van der Waals surface area contributed by atoms with Crippen LogP contribution in [0.4, 0.5) is 5.82 Å². The van der Waals surface area contributed by atoms with E-state index in [0.29, 0.717) is 30.0 Å². The number of hydrogen-bond donors (Lipinski definition) is 1. The Bertz CT molecular complexity index is 1170. The maximum absolute atomic E-state index is 12.7. The van der Waals surface area contributed by atoms with Crippen LogP contribution in [0, 0.1) is 6.92 Å². The number of aromatic nitrogens is 2. The topological polar surface area (TPSA) is 138 Å². The van der Waals surface area contributed by atoms with Crippen LogP contribution in [0.25, 0.3) is 11.1 Å². The number of thiophene rings is 1. The van der Waals surface area contributed by atoms with E-state index < -0.39 is 18.0 Å². The molecule has 1 fully saturated rings. The number of nitrogens with zero attached hydrogens (tertiary/aromatic N) is 3. The number of nitrogen functional groups attached to an aromatic ring is 1. The fraction of sp³-hybridized carbons (Fsp3) is 0.381. The van der Waals surface area contributed by atoms with Crippen molar-refractivity contribution in [2.24, 2.45) is 0 Å². The lowest BCUT2D eigenvalue weighted by Gasteiger charge is -2.22. The molecule has 0 bridgehead atoms. The third kappa shape index (κ3) is 4.03. The highest BCUT2D eigenvalue weighted by Gasteiger charge is 2.36. The lowest BCUT2D eigenvalue weighted by atomic mass is 10.2. The predicted octanol–water partition coefficient (Wildman–Crippen LogP) is 2.70. The van der Waals surface area contributed by atoms with E-state index in [1.807, 2.05) is 5.38 Å². The van der Waals surface area contributed by atoms with E-state index >= 15 is 0 Å². The van der Waals surface area contributed by atoms with Crippen LogP contribution in [0.2, 0.25) is 0 Å². The molecule has 0 aromatic carbocycles. The number of furan rings is 1. The SMILES string of the molecule is CCOC(=O)c1c(C)oc2nc(COC(=O)[C@@H]3CCCN3C(=O)c3cccs3)nc(N)c12. The highest BCUT2D eigenvalue weighted by Crippen LogP contribution is 2.29. The molecule has 0 radical (unpaired) electrons. The van der Waals surface area contributed by atoms with Crippen molar-refractivity contribution in [2.45, 2.75) is 39.3 Å². The van der Waals surface area contributed by atoms with Gasteiger partial charge in [0.15, 0.2) is 12.4 Å². The van der Waals surface area contributed by atoms with Crippen LogP contribution in [0.1, 0.15) is 51.4 Å². The van der Waals surface area contributed by atoms with Crippen LogP contribution in [0.15, 0.2) is 21.9 Å². The number of esters is 2. The minimum atomic E-state index is -0.660. The molecular weight excluding hydrogens is 436 g/mol. The molecule has 1 amide bonds. The molecule has 0 saturated carbocycles. The highest BCUT2D eigenvalue weighted by molar-refractivity contribution is 7.12. The van der Waals surface area contributed by atoms with Gasteiger partial charge in [-0.3, -0.25) is 4.79 Å². The van der Waals surface area contributed by atoms with Crippen molar-refractivity contribution >= 4 is 46.1 Å². The Morgan fingerprint density at radius 2 is 2.12 bits per heavy atom. The average Bonchev–Trinajstić information content (AvgIpc) is 3.50. The summed E-state index contributed by atoms with van der Waals surface area (Å²) in [6, 6.07) is 2.87. The van der Waals surface area contributed by atoms with Gasteiger partial charge in [0.2, 0.25) is 5.71 Å². The van der Waals surface area contributed by atoms with Gasteiger partial charge in [-0.05, 0) is 38.1 Å². The second-order valence-electron chi connectivity index (χ2n) is 7.20. The quantitative estimate of drug-likeness (QED) is 0.552. The molecule has 168 valence electrons. The Kier molecular flexibility index (Phi) is 6.08. The van der Waals surface area contributed by atoms with E-state index in [-0.39, 0.29) is 47.4 Å². The van der Waals surface area contributed by atoms with Crippen LogP contribution >= 0.6 is 11.3 Å². The smallest absolute Gasteiger partial charge is 0.342 e. The molecule has 32 heavy (non-hydrogen) atoms. The van der Waals surface area contributed by atoms with Crippen molar-refractivity contribution < 1.29 is 28.3 Å². The summed E-state index contributed by atoms with van der Waals surface area (Å²) < 4.78 is 16.0. The number of likely N-dealkylation sites (tertiary alicyclic amines) is 1. The van der Waals surface area contributed by atoms with Crippen LogP contribution in [-0.4, -0.2) is 51.9 Å². The number of carbonyl (C=O) groups excluding carboxylic acids is 3. The summed E-state index contributed by atoms with van der Waals surface area (Å²) in [6.07, 6.45) is 1.24. The summed E-state index contributed by atoms with van der Waals surface area (Å²) in [5, 5.41) is 2.08. The zero-order valence-electron chi connectivity index (χ0n) is 17.6. The molecule has 3 aromatic heterocycles. The minimum absolute atomic E-state index is 0.0244. The van der Waals surface area contributed by atoms with Gasteiger partial charge in [-0.1, -0.05) is 6.07 Å². The minimum Gasteiger partial charge on any atom is -0.462 e. The largest absolute Gasteiger partial charge is 0.462 e. The lowest BCUT2D eigenvalue weighted by Crippen LogP contribution is -2.41. The monoisotopic (exact) mass is 458 g/mol. The second-order valence-corrected chi connectivity index (χ2v) is 8.15. The molecular formula is C21H22N4O6S. The van der Waals surface area contributed by atoms with E-state index in [9.17, 15) is 14.4 Å². The summed E-state index contributed by atoms with van der Waals surface area (Å²) in [5.74, 6) is -0.827. The van der Waals surface area contributed by atoms with Gasteiger partial charge in [-0.15, -0.1) is 11.3 Å². The number of anilines is 1. The maximum Gasteiger partial charge on any atom is 0.342 e. The number of rotatable bonds is 6. The van der Waals surface area contributed by atoms with Gasteiger partial charge in [0.25, 0.3) is 5.91 Å². The number of ether oxygens (including phenoxy) is 2. The highest BCUT2D eigenvalue weighted by atomic mass is 32.1. The fourth-order valence-corrected chi connectivity index (χ4v) is 4.40. The Morgan fingerprint density at radius 1 is 1.31 bits per heavy atom. The number of hydrogen-bond acceptors (Lipinski definition) is 10. The lowest BCUT2D eigenvalue weighted by molar-refractivity contribution is -0.149. The van der Waals surface area contributed by atoms with Crippen LogP contribution in [-0.2, 0) is 20.9 Å². The number of amides is 1. The Labute approximate surface area is 187 Å². The molecule has 0 aliphatic carbocycles. The van der Waals surface area contributed by atoms with Crippen molar-refractivity contribution in [3.05, 3.63) is 39.5 Å². The zero-order valence-corrected chi connectivity index (χ0v) is 18.4. The molecule has 1 saturated heterocycles. The molecule has 4 rings (SSSR count). The summed E-state index contributed by atoms with van der Waals surface area (Å²) in [4.78, 5) is 48.1. The molecule has 3 aromatic rings. The standard InChI is InChI=1S/C21H22N4O6S/c1-3-29-21(28)15-11(2)31-18-16(15)17(22)23-14(24-18)10-30-20(27)12-6-4-8-25(12)19(26)13-7-5-9-32-13/h5,7,9,12H,3-4,6,8,10H2,1-2H3,(H2,22,23,24)/t12-/m0/s1. The predicted molar refractivity (Wildman–Crippen MR) is 115 cm³/mol. The first-order valence-electron chi connectivity index (χ1n) is 10.1. The zero-order chi connectivity index (χ0) is 22.8. The molecule has 0 unspecified atom stereocenters. The molecule has 2 N–H and O–H groups in total. The van der Waals surface area contributed by atoms with E-state index in [1.54, 1.807) is 26.0 Å². The van der Waals surface area contributed by atoms with Gasteiger partial charge in [-0.2, -0.15) is 4.98 Å². The van der Waals surface area contributed by atoms with Crippen molar-refractivity contribution in [1.82, 2.24) is 14.9 Å². The molecule has 0 spiro atoms. The normalized spacial score (nSPS) is 15.8. The first-order chi connectivity index (χ1) is 15.4. The molecule has 1 aliphatic rings. The Hall–Kier alpha value is -3.47. The number of fused-ring (bicyclic) bond motifs is 1. The summed E-state index contributed by atoms with van der Waals surface area (Å²) in [5.41, 5.74) is 6.33. The first-order valence-corrected chi connectivity index (χ1v) is 11.0. The Morgan fingerprint density at radius 3 is 2.84 bits per heavy atom. The summed E-state index contributed by atoms with van der Waals surface area (Å²) in [6.45, 7) is 3.75. The molecule has 11 heteroatoms. The summed E-state index contributed by atoms with van der Waals surface area (Å²) >= 11 is 1.33. The van der Waals surface area contributed by atoms with Crippen molar-refractivity contribution in [3.8, 4) is 0 Å². The maximum atomic E-state index is 12.7. The van der Waals surface area contributed by atoms with E-state index in [4.69, 9.17) is 19.6 Å². The molecule has 1 atom stereocenters. The van der Waals surface area contributed by atoms with Gasteiger partial charge in [-0.25, -0.2) is 14.6 Å². The van der Waals surface area contributed by atoms with E-state index in [1.165, 1.54) is 16.2 Å². The van der Waals surface area contributed by atoms with Gasteiger partial charge >= 0.3 is 11.9 Å². The van der Waals surface area contributed by atoms with Gasteiger partial charge in [0.05, 0.1) is 16.9 Å². The van der Waals surface area contributed by atoms with E-state index in [0.717, 1.165) is 0 Å². The van der Waals surface area contributed by atoms with Crippen LogP contribution in [0.3, 0.4) is 0 Å². The third-order valence-corrected chi connectivity index (χ3v) is 6.00. The van der Waals surface area contributed by atoms with E-state index in [2.05, 4.69) is 9.97 Å². The Balaban J connectivity index is 1.49. The molecule has 4 heterocycles. The van der Waals surface area contributed by atoms with Gasteiger partial charge in [0.1, 0.15) is 23.2 Å². The second kappa shape index (κ2) is 8.95.